The summed E-state index contributed by atoms with van der Waals surface area (Å²) < 4.78 is 5.45. The topological polar surface area (TPSA) is 41.6 Å². The molecule has 2 aliphatic heterocycles. The van der Waals surface area contributed by atoms with E-state index < -0.39 is 0 Å². The van der Waals surface area contributed by atoms with Crippen LogP contribution in [0.5, 0.6) is 5.75 Å². The molecule has 2 aliphatic rings. The summed E-state index contributed by atoms with van der Waals surface area (Å²) in [6.07, 6.45) is 4.58. The molecule has 0 spiro atoms. The van der Waals surface area contributed by atoms with Gasteiger partial charge in [0, 0.05) is 30.2 Å². The lowest BCUT2D eigenvalue weighted by Crippen LogP contribution is -2.49. The van der Waals surface area contributed by atoms with Crippen LogP contribution in [0.3, 0.4) is 0 Å². The highest BCUT2D eigenvalue weighted by atomic mass is 16.5. The van der Waals surface area contributed by atoms with Crippen molar-refractivity contribution in [2.24, 2.45) is 0 Å². The van der Waals surface area contributed by atoms with Gasteiger partial charge in [0.15, 0.2) is 0 Å². The van der Waals surface area contributed by atoms with Crippen molar-refractivity contribution < 1.29 is 9.53 Å². The van der Waals surface area contributed by atoms with Crippen molar-refractivity contribution in [1.82, 2.24) is 10.2 Å². The number of benzene rings is 2. The minimum Gasteiger partial charge on any atom is -0.494 e. The summed E-state index contributed by atoms with van der Waals surface area (Å²) >= 11 is 0. The predicted octanol–water partition coefficient (Wildman–Crippen LogP) is 4.01. The van der Waals surface area contributed by atoms with E-state index in [0.29, 0.717) is 24.3 Å². The molecule has 4 rings (SSSR count). The van der Waals surface area contributed by atoms with Gasteiger partial charge in [0.25, 0.3) is 5.91 Å². The highest BCUT2D eigenvalue weighted by Crippen LogP contribution is 2.37. The minimum absolute atomic E-state index is 0.0268. The molecule has 27 heavy (non-hydrogen) atoms. The number of nitrogens with one attached hydrogen (secondary N) is 1. The van der Waals surface area contributed by atoms with Crippen LogP contribution in [0.2, 0.25) is 0 Å². The summed E-state index contributed by atoms with van der Waals surface area (Å²) in [4.78, 5) is 15.3. The molecule has 4 nitrogen and oxygen atoms in total. The fraction of sp³-hybridized carbons (Fsp3) is 0.435. The third kappa shape index (κ3) is 4.16. The van der Waals surface area contributed by atoms with Crippen molar-refractivity contribution >= 4 is 5.91 Å². The maximum Gasteiger partial charge on any atom is 0.251 e. The zero-order valence-electron chi connectivity index (χ0n) is 15.9. The second kappa shape index (κ2) is 8.13. The Morgan fingerprint density at radius 1 is 1.04 bits per heavy atom. The van der Waals surface area contributed by atoms with Gasteiger partial charge in [-0.25, -0.2) is 0 Å². The van der Waals surface area contributed by atoms with Gasteiger partial charge in [-0.2, -0.15) is 0 Å². The maximum atomic E-state index is 12.6. The van der Waals surface area contributed by atoms with E-state index in [0.717, 1.165) is 25.1 Å². The van der Waals surface area contributed by atoms with E-state index in [1.165, 1.54) is 18.4 Å². The van der Waals surface area contributed by atoms with Crippen LogP contribution < -0.4 is 10.1 Å². The number of rotatable bonds is 6. The van der Waals surface area contributed by atoms with Crippen LogP contribution in [0.4, 0.5) is 0 Å². The van der Waals surface area contributed by atoms with E-state index in [-0.39, 0.29) is 11.9 Å². The van der Waals surface area contributed by atoms with E-state index in [9.17, 15) is 4.79 Å². The monoisotopic (exact) mass is 364 g/mol. The Kier molecular flexibility index (Phi) is 5.44. The second-order valence-electron chi connectivity index (χ2n) is 7.64. The van der Waals surface area contributed by atoms with Gasteiger partial charge in [-0.3, -0.25) is 9.69 Å². The largest absolute Gasteiger partial charge is 0.494 e. The third-order valence-corrected chi connectivity index (χ3v) is 5.86. The van der Waals surface area contributed by atoms with Crippen molar-refractivity contribution in [1.29, 1.82) is 0 Å². The van der Waals surface area contributed by atoms with Gasteiger partial charge in [-0.05, 0) is 62.4 Å². The van der Waals surface area contributed by atoms with Crippen LogP contribution >= 0.6 is 0 Å². The molecule has 1 amide bonds. The summed E-state index contributed by atoms with van der Waals surface area (Å²) in [7, 11) is 0. The molecule has 2 bridgehead atoms. The molecule has 2 atom stereocenters. The first-order valence-electron chi connectivity index (χ1n) is 10.1. The molecule has 0 unspecified atom stereocenters. The van der Waals surface area contributed by atoms with Gasteiger partial charge in [0.05, 0.1) is 6.61 Å². The molecule has 2 aromatic rings. The Bertz CT molecular complexity index is 746. The number of hydrogen-bond acceptors (Lipinski definition) is 3. The van der Waals surface area contributed by atoms with Gasteiger partial charge >= 0.3 is 0 Å². The Labute approximate surface area is 161 Å². The van der Waals surface area contributed by atoms with Gasteiger partial charge in [-0.15, -0.1) is 0 Å². The molecule has 0 aromatic heterocycles. The Balaban J connectivity index is 1.35. The fourth-order valence-corrected chi connectivity index (χ4v) is 4.58. The number of amides is 1. The molecule has 2 aromatic carbocycles. The smallest absolute Gasteiger partial charge is 0.251 e. The van der Waals surface area contributed by atoms with Crippen molar-refractivity contribution in [3.05, 3.63) is 65.7 Å². The van der Waals surface area contributed by atoms with Crippen LogP contribution in [-0.2, 0) is 6.54 Å². The molecule has 2 fully saturated rings. The molecule has 2 heterocycles. The zero-order chi connectivity index (χ0) is 18.6. The van der Waals surface area contributed by atoms with Gasteiger partial charge in [-0.1, -0.05) is 30.3 Å². The van der Waals surface area contributed by atoms with Crippen molar-refractivity contribution in [3.63, 3.8) is 0 Å². The number of carbonyl (C=O) groups excluding carboxylic acids is 1. The number of ether oxygens (including phenoxy) is 1. The second-order valence-corrected chi connectivity index (χ2v) is 7.64. The number of hydrogen-bond donors (Lipinski definition) is 1. The van der Waals surface area contributed by atoms with Crippen molar-refractivity contribution in [2.45, 2.75) is 57.3 Å². The van der Waals surface area contributed by atoms with Crippen LogP contribution in [0, 0.1) is 0 Å². The van der Waals surface area contributed by atoms with E-state index in [4.69, 9.17) is 4.74 Å². The quantitative estimate of drug-likeness (QED) is 0.842. The number of fused-ring (bicyclic) bond motifs is 2. The standard InChI is InChI=1S/C23H28N2O2/c1-2-27-22-12-8-18(9-13-22)23(26)24-19-14-20-10-11-21(15-19)25(20)16-17-6-4-3-5-7-17/h3-9,12-13,19-21H,2,10-11,14-16H2,1H3,(H,24,26)/t20-,21-/m1/s1. The first-order valence-corrected chi connectivity index (χ1v) is 10.1. The highest BCUT2D eigenvalue weighted by Gasteiger charge is 2.40. The normalized spacial score (nSPS) is 24.6. The lowest BCUT2D eigenvalue weighted by atomic mass is 9.96. The summed E-state index contributed by atoms with van der Waals surface area (Å²) in [5, 5.41) is 3.27. The fourth-order valence-electron chi connectivity index (χ4n) is 4.58. The van der Waals surface area contributed by atoms with E-state index in [2.05, 4.69) is 40.5 Å². The molecule has 4 heteroatoms. The Morgan fingerprint density at radius 2 is 1.70 bits per heavy atom. The minimum atomic E-state index is 0.0268. The Morgan fingerprint density at radius 3 is 2.33 bits per heavy atom. The summed E-state index contributed by atoms with van der Waals surface area (Å²) in [5.74, 6) is 0.834. The molecule has 1 N–H and O–H groups in total. The van der Waals surface area contributed by atoms with Crippen LogP contribution in [-0.4, -0.2) is 35.5 Å². The molecule has 0 radical (unpaired) electrons. The van der Waals surface area contributed by atoms with Crippen LogP contribution in [0.1, 0.15) is 48.5 Å². The van der Waals surface area contributed by atoms with Gasteiger partial charge in [0.1, 0.15) is 5.75 Å². The molecular weight excluding hydrogens is 336 g/mol. The summed E-state index contributed by atoms with van der Waals surface area (Å²) in [5.41, 5.74) is 2.09. The first-order chi connectivity index (χ1) is 13.2. The molecule has 142 valence electrons. The highest BCUT2D eigenvalue weighted by molar-refractivity contribution is 5.94. The number of carbonyl (C=O) groups is 1. The predicted molar refractivity (Wildman–Crippen MR) is 107 cm³/mol. The maximum absolute atomic E-state index is 12.6. The molecule has 2 saturated heterocycles. The molecule has 0 saturated carbocycles. The van der Waals surface area contributed by atoms with E-state index in [1.807, 2.05) is 31.2 Å². The van der Waals surface area contributed by atoms with Crippen molar-refractivity contribution in [3.8, 4) is 5.75 Å². The summed E-state index contributed by atoms with van der Waals surface area (Å²) in [6.45, 7) is 3.62. The zero-order valence-corrected chi connectivity index (χ0v) is 15.9. The van der Waals surface area contributed by atoms with Gasteiger partial charge in [0.2, 0.25) is 0 Å². The van der Waals surface area contributed by atoms with Gasteiger partial charge < -0.3 is 10.1 Å². The lowest BCUT2D eigenvalue weighted by molar-refractivity contribution is 0.0828. The van der Waals surface area contributed by atoms with E-state index in [1.54, 1.807) is 0 Å². The average molecular weight is 364 g/mol. The van der Waals surface area contributed by atoms with E-state index >= 15 is 0 Å². The molecule has 0 aliphatic carbocycles. The van der Waals surface area contributed by atoms with Crippen LogP contribution in [0.25, 0.3) is 0 Å². The Hall–Kier alpha value is -2.33. The van der Waals surface area contributed by atoms with Crippen molar-refractivity contribution in [2.75, 3.05) is 6.61 Å². The number of nitrogens with zero attached hydrogens (tertiary/aromatic N) is 1. The number of piperidine rings is 1. The third-order valence-electron chi connectivity index (χ3n) is 5.86. The SMILES string of the molecule is CCOc1ccc(C(=O)NC2C[C@H]3CC[C@H](C2)N3Cc2ccccc2)cc1. The summed E-state index contributed by atoms with van der Waals surface area (Å²) in [6, 6.07) is 19.6. The van der Waals surface area contributed by atoms with Crippen LogP contribution in [0.15, 0.2) is 54.6 Å². The first kappa shape index (κ1) is 18.1. The molecular formula is C23H28N2O2. The lowest BCUT2D eigenvalue weighted by Gasteiger charge is -2.39. The average Bonchev–Trinajstić information content (AvgIpc) is 2.92.